The molecule has 1 atom stereocenters. The van der Waals surface area contributed by atoms with Gasteiger partial charge in [0.15, 0.2) is 9.84 Å². The van der Waals surface area contributed by atoms with Crippen LogP contribution in [-0.4, -0.2) is 32.1 Å². The fourth-order valence-corrected chi connectivity index (χ4v) is 4.71. The van der Waals surface area contributed by atoms with Crippen molar-refractivity contribution in [3.63, 3.8) is 0 Å². The van der Waals surface area contributed by atoms with Crippen molar-refractivity contribution >= 4 is 32.9 Å². The Morgan fingerprint density at radius 1 is 1.29 bits per heavy atom. The van der Waals surface area contributed by atoms with Crippen LogP contribution in [0, 0.1) is 0 Å². The minimum atomic E-state index is -3.16. The maximum absolute atomic E-state index is 12.7. The smallest absolute Gasteiger partial charge is 0.317 e. The van der Waals surface area contributed by atoms with Gasteiger partial charge in [-0.25, -0.2) is 13.2 Å². The average molecular weight is 364 g/mol. The maximum Gasteiger partial charge on any atom is 0.322 e. The molecular formula is C17H20N2O3S2. The van der Waals surface area contributed by atoms with Gasteiger partial charge in [-0.3, -0.25) is 0 Å². The molecule has 0 spiro atoms. The van der Waals surface area contributed by atoms with Gasteiger partial charge in [-0.1, -0.05) is 24.3 Å². The van der Waals surface area contributed by atoms with Gasteiger partial charge < -0.3 is 10.2 Å². The molecule has 0 aliphatic carbocycles. The molecule has 1 aromatic heterocycles. The van der Waals surface area contributed by atoms with E-state index in [-0.39, 0.29) is 17.8 Å². The van der Waals surface area contributed by atoms with Crippen LogP contribution in [0.4, 0.5) is 10.5 Å². The van der Waals surface area contributed by atoms with E-state index in [4.69, 9.17) is 0 Å². The van der Waals surface area contributed by atoms with Gasteiger partial charge in [-0.15, -0.1) is 11.3 Å². The van der Waals surface area contributed by atoms with Crippen LogP contribution >= 0.6 is 11.3 Å². The van der Waals surface area contributed by atoms with Crippen molar-refractivity contribution in [2.45, 2.75) is 24.6 Å². The van der Waals surface area contributed by atoms with Crippen molar-refractivity contribution in [3.05, 3.63) is 52.2 Å². The predicted molar refractivity (Wildman–Crippen MR) is 97.0 cm³/mol. The Bertz CT molecular complexity index is 816. The summed E-state index contributed by atoms with van der Waals surface area (Å²) >= 11 is 1.66. The molecule has 24 heavy (non-hydrogen) atoms. The first-order valence-corrected chi connectivity index (χ1v) is 10.7. The van der Waals surface area contributed by atoms with E-state index in [2.05, 4.69) is 11.4 Å². The molecule has 0 saturated carbocycles. The number of nitrogens with one attached hydrogen (secondary N) is 1. The van der Waals surface area contributed by atoms with Crippen LogP contribution in [0.1, 0.15) is 29.3 Å². The molecule has 0 radical (unpaired) electrons. The lowest BCUT2D eigenvalue weighted by Gasteiger charge is -2.24. The number of hydrogen-bond acceptors (Lipinski definition) is 4. The second-order valence-electron chi connectivity index (χ2n) is 6.02. The third-order valence-corrected chi connectivity index (χ3v) is 5.87. The molecule has 1 aliphatic heterocycles. The number of amides is 2. The number of urea groups is 1. The number of nitrogens with zero attached hydrogens (tertiary/aromatic N) is 1. The summed E-state index contributed by atoms with van der Waals surface area (Å²) in [5.74, 6) is -0.0855. The Hall–Kier alpha value is -1.86. The molecule has 1 aromatic carbocycles. The molecule has 3 rings (SSSR count). The number of likely N-dealkylation sites (tertiary alicyclic amines) is 1. The largest absolute Gasteiger partial charge is 0.322 e. The topological polar surface area (TPSA) is 66.5 Å². The van der Waals surface area contributed by atoms with Crippen LogP contribution in [0.5, 0.6) is 0 Å². The molecule has 2 heterocycles. The summed E-state index contributed by atoms with van der Waals surface area (Å²) in [6, 6.07) is 11.0. The van der Waals surface area contributed by atoms with E-state index in [1.54, 1.807) is 35.6 Å². The molecule has 1 aliphatic rings. The summed E-state index contributed by atoms with van der Waals surface area (Å²) in [5, 5.41) is 4.91. The summed E-state index contributed by atoms with van der Waals surface area (Å²) in [6.07, 6.45) is 3.12. The fraction of sp³-hybridized carbons (Fsp3) is 0.353. The number of rotatable bonds is 4. The average Bonchev–Trinajstić information content (AvgIpc) is 3.18. The van der Waals surface area contributed by atoms with Crippen molar-refractivity contribution < 1.29 is 13.2 Å². The lowest BCUT2D eigenvalue weighted by Crippen LogP contribution is -2.34. The fourth-order valence-electron chi connectivity index (χ4n) is 3.02. The van der Waals surface area contributed by atoms with Crippen molar-refractivity contribution in [3.8, 4) is 0 Å². The monoisotopic (exact) mass is 364 g/mol. The zero-order valence-electron chi connectivity index (χ0n) is 13.4. The zero-order valence-corrected chi connectivity index (χ0v) is 15.1. The van der Waals surface area contributed by atoms with E-state index in [0.29, 0.717) is 17.8 Å². The number of para-hydroxylation sites is 1. The Labute approximate surface area is 146 Å². The van der Waals surface area contributed by atoms with Crippen LogP contribution in [0.25, 0.3) is 0 Å². The summed E-state index contributed by atoms with van der Waals surface area (Å²) in [5.41, 5.74) is 1.17. The molecular weight excluding hydrogens is 344 g/mol. The number of anilines is 1. The number of hydrogen-bond donors (Lipinski definition) is 1. The molecule has 0 bridgehead atoms. The van der Waals surface area contributed by atoms with Gasteiger partial charge in [-0.2, -0.15) is 0 Å². The SMILES string of the molecule is CS(=O)(=O)Cc1ccccc1NC(=O)N1CCCC1c1cccs1. The van der Waals surface area contributed by atoms with Gasteiger partial charge in [0.2, 0.25) is 0 Å². The number of carbonyl (C=O) groups is 1. The van der Waals surface area contributed by atoms with Crippen LogP contribution in [0.15, 0.2) is 41.8 Å². The highest BCUT2D eigenvalue weighted by atomic mass is 32.2. The van der Waals surface area contributed by atoms with Crippen molar-refractivity contribution in [1.82, 2.24) is 4.90 Å². The van der Waals surface area contributed by atoms with Gasteiger partial charge in [-0.05, 0) is 35.9 Å². The number of carbonyl (C=O) groups excluding carboxylic acids is 1. The van der Waals surface area contributed by atoms with E-state index in [0.717, 1.165) is 12.8 Å². The van der Waals surface area contributed by atoms with E-state index in [9.17, 15) is 13.2 Å². The van der Waals surface area contributed by atoms with E-state index in [1.807, 2.05) is 16.3 Å². The Morgan fingerprint density at radius 2 is 2.08 bits per heavy atom. The first-order chi connectivity index (χ1) is 11.4. The predicted octanol–water partition coefficient (Wildman–Crippen LogP) is 3.66. The van der Waals surface area contributed by atoms with Crippen LogP contribution in [0.2, 0.25) is 0 Å². The van der Waals surface area contributed by atoms with Gasteiger partial charge in [0.1, 0.15) is 0 Å². The van der Waals surface area contributed by atoms with Crippen molar-refractivity contribution in [2.24, 2.45) is 0 Å². The van der Waals surface area contributed by atoms with E-state index in [1.165, 1.54) is 11.1 Å². The Kier molecular flexibility index (Phi) is 4.91. The molecule has 1 N–H and O–H groups in total. The molecule has 1 unspecified atom stereocenters. The Morgan fingerprint density at radius 3 is 2.79 bits per heavy atom. The summed E-state index contributed by atoms with van der Waals surface area (Å²) in [4.78, 5) is 15.7. The quantitative estimate of drug-likeness (QED) is 0.900. The molecule has 1 saturated heterocycles. The first-order valence-electron chi connectivity index (χ1n) is 7.81. The van der Waals surface area contributed by atoms with Crippen LogP contribution in [0.3, 0.4) is 0 Å². The third-order valence-electron chi connectivity index (χ3n) is 4.06. The van der Waals surface area contributed by atoms with Crippen molar-refractivity contribution in [2.75, 3.05) is 18.1 Å². The van der Waals surface area contributed by atoms with Crippen molar-refractivity contribution in [1.29, 1.82) is 0 Å². The lowest BCUT2D eigenvalue weighted by atomic mass is 10.2. The molecule has 2 amide bonds. The number of sulfone groups is 1. The standard InChI is InChI=1S/C17H20N2O3S2/c1-24(21,22)12-13-6-2-3-7-14(13)18-17(20)19-10-4-8-15(19)16-9-5-11-23-16/h2-3,5-7,9,11,15H,4,8,10,12H2,1H3,(H,18,20). The van der Waals surface area contributed by atoms with E-state index < -0.39 is 9.84 Å². The zero-order chi connectivity index (χ0) is 17.2. The summed E-state index contributed by atoms with van der Waals surface area (Å²) < 4.78 is 23.2. The molecule has 128 valence electrons. The minimum Gasteiger partial charge on any atom is -0.317 e. The van der Waals surface area contributed by atoms with Gasteiger partial charge in [0.25, 0.3) is 0 Å². The molecule has 7 heteroatoms. The second kappa shape index (κ2) is 6.94. The molecule has 2 aromatic rings. The highest BCUT2D eigenvalue weighted by Gasteiger charge is 2.30. The van der Waals surface area contributed by atoms with Gasteiger partial charge >= 0.3 is 6.03 Å². The van der Waals surface area contributed by atoms with Gasteiger partial charge in [0.05, 0.1) is 11.8 Å². The summed E-state index contributed by atoms with van der Waals surface area (Å²) in [7, 11) is -3.16. The van der Waals surface area contributed by atoms with Crippen LogP contribution in [-0.2, 0) is 15.6 Å². The Balaban J connectivity index is 1.78. The number of thiophene rings is 1. The third kappa shape index (κ3) is 3.96. The molecule has 5 nitrogen and oxygen atoms in total. The minimum absolute atomic E-state index is 0.0855. The highest BCUT2D eigenvalue weighted by molar-refractivity contribution is 7.89. The number of benzene rings is 1. The highest BCUT2D eigenvalue weighted by Crippen LogP contribution is 2.35. The second-order valence-corrected chi connectivity index (χ2v) is 9.14. The maximum atomic E-state index is 12.7. The van der Waals surface area contributed by atoms with E-state index >= 15 is 0 Å². The normalized spacial score (nSPS) is 17.9. The first kappa shape index (κ1) is 17.0. The van der Waals surface area contributed by atoms with Crippen LogP contribution < -0.4 is 5.32 Å². The summed E-state index contributed by atoms with van der Waals surface area (Å²) in [6.45, 7) is 0.711. The van der Waals surface area contributed by atoms with Gasteiger partial charge in [0, 0.05) is 23.4 Å². The lowest BCUT2D eigenvalue weighted by molar-refractivity contribution is 0.208. The molecule has 1 fully saturated rings.